The van der Waals surface area contributed by atoms with Gasteiger partial charge in [0, 0.05) is 58.0 Å². The van der Waals surface area contributed by atoms with Crippen molar-refractivity contribution in [2.45, 2.75) is 25.8 Å². The second-order valence-corrected chi connectivity index (χ2v) is 5.75. The Bertz CT molecular complexity index is 447. The number of aromatic nitrogens is 1. The first-order chi connectivity index (χ1) is 10.7. The van der Waals surface area contributed by atoms with Crippen LogP contribution in [0.15, 0.2) is 24.4 Å². The fourth-order valence-electron chi connectivity index (χ4n) is 2.61. The van der Waals surface area contributed by atoms with Gasteiger partial charge in [-0.05, 0) is 25.5 Å². The number of hydrogen-bond donors (Lipinski definition) is 2. The van der Waals surface area contributed by atoms with Gasteiger partial charge >= 0.3 is 0 Å². The first-order valence-corrected chi connectivity index (χ1v) is 7.97. The molecule has 0 radical (unpaired) electrons. The molecule has 0 aromatic carbocycles. The van der Waals surface area contributed by atoms with E-state index in [1.165, 1.54) is 0 Å². The number of pyridine rings is 1. The summed E-state index contributed by atoms with van der Waals surface area (Å²) in [6.07, 6.45) is 2.94. The van der Waals surface area contributed by atoms with Gasteiger partial charge in [0.25, 0.3) is 0 Å². The molecule has 1 saturated heterocycles. The van der Waals surface area contributed by atoms with Crippen molar-refractivity contribution in [3.05, 3.63) is 24.4 Å². The molecular formula is C16H26N4O2. The predicted octanol–water partition coefficient (Wildman–Crippen LogP) is 0.481. The number of carbonyl (C=O) groups is 1. The second-order valence-electron chi connectivity index (χ2n) is 5.75. The SMILES string of the molecule is CC(CCO)NC(=O)CCN1CCN(c2ccccn2)CC1. The molecule has 2 N–H and O–H groups in total. The van der Waals surface area contributed by atoms with Crippen molar-refractivity contribution < 1.29 is 9.90 Å². The third-order valence-electron chi connectivity index (χ3n) is 3.97. The maximum atomic E-state index is 11.8. The highest BCUT2D eigenvalue weighted by Crippen LogP contribution is 2.12. The Kier molecular flexibility index (Phi) is 6.61. The van der Waals surface area contributed by atoms with Crippen molar-refractivity contribution >= 4 is 11.7 Å². The van der Waals surface area contributed by atoms with Crippen molar-refractivity contribution in [2.24, 2.45) is 0 Å². The minimum atomic E-state index is 0.0403. The molecule has 1 aromatic heterocycles. The van der Waals surface area contributed by atoms with Crippen LogP contribution in [0.25, 0.3) is 0 Å². The molecular weight excluding hydrogens is 280 g/mol. The molecule has 1 aromatic rings. The maximum Gasteiger partial charge on any atom is 0.221 e. The summed E-state index contributed by atoms with van der Waals surface area (Å²) in [6, 6.07) is 6.01. The summed E-state index contributed by atoms with van der Waals surface area (Å²) in [7, 11) is 0. The molecule has 1 fully saturated rings. The van der Waals surface area contributed by atoms with Crippen molar-refractivity contribution in [3.8, 4) is 0 Å². The second kappa shape index (κ2) is 8.70. The fraction of sp³-hybridized carbons (Fsp3) is 0.625. The van der Waals surface area contributed by atoms with Crippen LogP contribution in [-0.4, -0.2) is 66.3 Å². The van der Waals surface area contributed by atoms with Gasteiger partial charge in [-0.15, -0.1) is 0 Å². The van der Waals surface area contributed by atoms with Gasteiger partial charge in [-0.2, -0.15) is 0 Å². The molecule has 1 unspecified atom stereocenters. The van der Waals surface area contributed by atoms with Gasteiger partial charge in [-0.3, -0.25) is 9.69 Å². The molecule has 0 spiro atoms. The molecule has 6 heteroatoms. The van der Waals surface area contributed by atoms with Crippen LogP contribution in [0.2, 0.25) is 0 Å². The highest BCUT2D eigenvalue weighted by Gasteiger charge is 2.18. The van der Waals surface area contributed by atoms with E-state index in [1.807, 2.05) is 31.3 Å². The number of nitrogens with zero attached hydrogens (tertiary/aromatic N) is 3. The summed E-state index contributed by atoms with van der Waals surface area (Å²) >= 11 is 0. The average Bonchev–Trinajstić information content (AvgIpc) is 2.54. The van der Waals surface area contributed by atoms with Gasteiger partial charge in [0.05, 0.1) is 0 Å². The molecule has 1 aliphatic heterocycles. The van der Waals surface area contributed by atoms with Gasteiger partial charge in [-0.25, -0.2) is 4.98 Å². The molecule has 6 nitrogen and oxygen atoms in total. The number of carbonyl (C=O) groups excluding carboxylic acids is 1. The van der Waals surface area contributed by atoms with Crippen LogP contribution in [-0.2, 0) is 4.79 Å². The van der Waals surface area contributed by atoms with E-state index < -0.39 is 0 Å². The number of aliphatic hydroxyl groups excluding tert-OH is 1. The lowest BCUT2D eigenvalue weighted by Gasteiger charge is -2.35. The fourth-order valence-corrected chi connectivity index (χ4v) is 2.61. The van der Waals surface area contributed by atoms with Crippen LogP contribution < -0.4 is 10.2 Å². The topological polar surface area (TPSA) is 68.7 Å². The van der Waals surface area contributed by atoms with Crippen molar-refractivity contribution in [1.82, 2.24) is 15.2 Å². The summed E-state index contributed by atoms with van der Waals surface area (Å²) in [6.45, 7) is 6.61. The van der Waals surface area contributed by atoms with Crippen LogP contribution in [0.3, 0.4) is 0 Å². The Hall–Kier alpha value is -1.66. The Labute approximate surface area is 132 Å². The average molecular weight is 306 g/mol. The van der Waals surface area contributed by atoms with Gasteiger partial charge in [-0.1, -0.05) is 6.07 Å². The minimum absolute atomic E-state index is 0.0403. The molecule has 1 atom stereocenters. The van der Waals surface area contributed by atoms with Gasteiger partial charge in [0.15, 0.2) is 0 Å². The van der Waals surface area contributed by atoms with E-state index in [9.17, 15) is 4.79 Å². The van der Waals surface area contributed by atoms with Crippen LogP contribution in [0.5, 0.6) is 0 Å². The van der Waals surface area contributed by atoms with Crippen LogP contribution in [0.4, 0.5) is 5.82 Å². The summed E-state index contributed by atoms with van der Waals surface area (Å²) in [5.74, 6) is 1.09. The van der Waals surface area contributed by atoms with Gasteiger partial charge in [0.2, 0.25) is 5.91 Å². The van der Waals surface area contributed by atoms with E-state index in [4.69, 9.17) is 5.11 Å². The summed E-state index contributed by atoms with van der Waals surface area (Å²) < 4.78 is 0. The Morgan fingerprint density at radius 2 is 2.14 bits per heavy atom. The van der Waals surface area contributed by atoms with Crippen molar-refractivity contribution in [2.75, 3.05) is 44.2 Å². The number of rotatable bonds is 7. The minimum Gasteiger partial charge on any atom is -0.396 e. The number of nitrogens with one attached hydrogen (secondary N) is 1. The molecule has 0 bridgehead atoms. The summed E-state index contributed by atoms with van der Waals surface area (Å²) in [5.41, 5.74) is 0. The standard InChI is InChI=1S/C16H26N4O2/c1-14(6-13-21)18-16(22)5-8-19-9-11-20(12-10-19)15-4-2-3-7-17-15/h2-4,7,14,21H,5-6,8-13H2,1H3,(H,18,22). The largest absolute Gasteiger partial charge is 0.396 e. The first-order valence-electron chi connectivity index (χ1n) is 7.97. The predicted molar refractivity (Wildman–Crippen MR) is 86.8 cm³/mol. The molecule has 1 aliphatic rings. The molecule has 0 aliphatic carbocycles. The zero-order valence-electron chi connectivity index (χ0n) is 13.2. The lowest BCUT2D eigenvalue weighted by Crippen LogP contribution is -2.47. The van der Waals surface area contributed by atoms with Crippen LogP contribution in [0.1, 0.15) is 19.8 Å². The number of amides is 1. The lowest BCUT2D eigenvalue weighted by atomic mass is 10.2. The summed E-state index contributed by atoms with van der Waals surface area (Å²) in [4.78, 5) is 20.8. The highest BCUT2D eigenvalue weighted by atomic mass is 16.3. The zero-order valence-corrected chi connectivity index (χ0v) is 13.2. The molecule has 2 heterocycles. The number of hydrogen-bond acceptors (Lipinski definition) is 5. The van der Waals surface area contributed by atoms with Crippen LogP contribution in [0, 0.1) is 0 Å². The molecule has 1 amide bonds. The van der Waals surface area contributed by atoms with Crippen molar-refractivity contribution in [1.29, 1.82) is 0 Å². The number of aliphatic hydroxyl groups is 1. The quantitative estimate of drug-likeness (QED) is 0.767. The van der Waals surface area contributed by atoms with E-state index in [1.54, 1.807) is 0 Å². The maximum absolute atomic E-state index is 11.8. The number of piperazine rings is 1. The Morgan fingerprint density at radius 1 is 1.36 bits per heavy atom. The Balaban J connectivity index is 1.66. The smallest absolute Gasteiger partial charge is 0.221 e. The van der Waals surface area contributed by atoms with Gasteiger partial charge < -0.3 is 15.3 Å². The zero-order chi connectivity index (χ0) is 15.8. The monoisotopic (exact) mass is 306 g/mol. The molecule has 22 heavy (non-hydrogen) atoms. The van der Waals surface area contributed by atoms with E-state index in [2.05, 4.69) is 20.1 Å². The van der Waals surface area contributed by atoms with E-state index in [-0.39, 0.29) is 18.6 Å². The van der Waals surface area contributed by atoms with Crippen molar-refractivity contribution in [3.63, 3.8) is 0 Å². The highest BCUT2D eigenvalue weighted by molar-refractivity contribution is 5.76. The Morgan fingerprint density at radius 3 is 2.77 bits per heavy atom. The van der Waals surface area contributed by atoms with E-state index >= 15 is 0 Å². The summed E-state index contributed by atoms with van der Waals surface area (Å²) in [5, 5.41) is 11.7. The lowest BCUT2D eigenvalue weighted by molar-refractivity contribution is -0.122. The third kappa shape index (κ3) is 5.27. The number of anilines is 1. The van der Waals surface area contributed by atoms with Gasteiger partial charge in [0.1, 0.15) is 5.82 Å². The van der Waals surface area contributed by atoms with E-state index in [0.29, 0.717) is 12.8 Å². The van der Waals surface area contributed by atoms with Crippen LogP contribution >= 0.6 is 0 Å². The third-order valence-corrected chi connectivity index (χ3v) is 3.97. The molecule has 122 valence electrons. The molecule has 0 saturated carbocycles. The van der Waals surface area contributed by atoms with E-state index in [0.717, 1.165) is 38.5 Å². The first kappa shape index (κ1) is 16.7. The molecule has 2 rings (SSSR count). The normalized spacial score (nSPS) is 17.3.